The number of hydrogen-bond donors (Lipinski definition) is 1. The van der Waals surface area contributed by atoms with Gasteiger partial charge in [-0.3, -0.25) is 4.79 Å². The molecule has 0 spiro atoms. The van der Waals surface area contributed by atoms with E-state index in [0.717, 1.165) is 17.7 Å². The average molecular weight is 255 g/mol. The highest BCUT2D eigenvalue weighted by molar-refractivity contribution is 5.38. The second-order valence-electron chi connectivity index (χ2n) is 4.95. The molecule has 1 aliphatic rings. The molecule has 3 rings (SSSR count). The quantitative estimate of drug-likeness (QED) is 0.910. The lowest BCUT2D eigenvalue weighted by Crippen LogP contribution is -2.22. The molecule has 2 aromatic rings. The van der Waals surface area contributed by atoms with Crippen molar-refractivity contribution >= 4 is 5.69 Å². The fourth-order valence-electron chi connectivity index (χ4n) is 2.59. The van der Waals surface area contributed by atoms with Gasteiger partial charge in [0.15, 0.2) is 0 Å². The highest BCUT2D eigenvalue weighted by Crippen LogP contribution is 2.22. The van der Waals surface area contributed by atoms with E-state index in [2.05, 4.69) is 28.6 Å². The molecule has 1 heterocycles. The summed E-state index contributed by atoms with van der Waals surface area (Å²) in [4.78, 5) is 11.9. The predicted molar refractivity (Wildman–Crippen MR) is 75.6 cm³/mol. The highest BCUT2D eigenvalue weighted by Gasteiger charge is 2.11. The largest absolute Gasteiger partial charge is 0.387 e. The van der Waals surface area contributed by atoms with Crippen LogP contribution in [-0.4, -0.2) is 16.8 Å². The predicted octanol–water partition coefficient (Wildman–Crippen LogP) is 1.82. The number of fused-ring (bicyclic) bond motifs is 1. The minimum absolute atomic E-state index is 0.0765. The summed E-state index contributed by atoms with van der Waals surface area (Å²) in [7, 11) is 1.78. The van der Waals surface area contributed by atoms with Crippen molar-refractivity contribution in [2.75, 3.05) is 12.4 Å². The first-order valence-corrected chi connectivity index (χ1v) is 6.62. The number of rotatable bonds is 3. The second-order valence-corrected chi connectivity index (χ2v) is 4.95. The van der Waals surface area contributed by atoms with Crippen LogP contribution < -0.4 is 10.9 Å². The summed E-state index contributed by atoms with van der Waals surface area (Å²) in [5.74, 6) is 0. The summed E-state index contributed by atoms with van der Waals surface area (Å²) < 4.78 is 1.50. The van der Waals surface area contributed by atoms with Crippen molar-refractivity contribution in [3.05, 3.63) is 57.5 Å². The first kappa shape index (κ1) is 12.0. The van der Waals surface area contributed by atoms with E-state index in [9.17, 15) is 4.79 Å². The number of nitrogens with one attached hydrogen (secondary N) is 1. The molecule has 0 saturated carbocycles. The van der Waals surface area contributed by atoms with E-state index in [1.165, 1.54) is 28.7 Å². The standard InChI is InChI=1S/C15H17N3O/c1-16-14-8-15(19)18(17-9-14)10-11-5-6-12-3-2-4-13(12)7-11/h5-9,16H,2-4,10H2,1H3. The molecule has 4 heteroatoms. The van der Waals surface area contributed by atoms with Gasteiger partial charge in [-0.05, 0) is 36.0 Å². The normalized spacial score (nSPS) is 13.3. The minimum atomic E-state index is -0.0765. The topological polar surface area (TPSA) is 46.9 Å². The lowest BCUT2D eigenvalue weighted by atomic mass is 10.1. The maximum atomic E-state index is 11.9. The Kier molecular flexibility index (Phi) is 3.07. The molecule has 1 aromatic carbocycles. The molecule has 4 nitrogen and oxygen atoms in total. The van der Waals surface area contributed by atoms with Crippen molar-refractivity contribution < 1.29 is 0 Å². The van der Waals surface area contributed by atoms with E-state index < -0.39 is 0 Å². The smallest absolute Gasteiger partial charge is 0.269 e. The molecule has 1 aromatic heterocycles. The maximum Gasteiger partial charge on any atom is 0.269 e. The molecule has 1 N–H and O–H groups in total. The fraction of sp³-hybridized carbons (Fsp3) is 0.333. The number of aryl methyl sites for hydroxylation is 2. The van der Waals surface area contributed by atoms with Gasteiger partial charge in [0.25, 0.3) is 5.56 Å². The SMILES string of the molecule is CNc1cnn(Cc2ccc3c(c2)CCC3)c(=O)c1. The molecule has 1 aliphatic carbocycles. The molecule has 19 heavy (non-hydrogen) atoms. The van der Waals surface area contributed by atoms with Gasteiger partial charge < -0.3 is 5.32 Å². The molecule has 0 radical (unpaired) electrons. The van der Waals surface area contributed by atoms with Gasteiger partial charge in [0.1, 0.15) is 0 Å². The van der Waals surface area contributed by atoms with Gasteiger partial charge in [-0.25, -0.2) is 4.68 Å². The number of nitrogens with zero attached hydrogens (tertiary/aromatic N) is 2. The van der Waals surface area contributed by atoms with Gasteiger partial charge in [0.2, 0.25) is 0 Å². The van der Waals surface area contributed by atoms with Crippen LogP contribution in [0.3, 0.4) is 0 Å². The van der Waals surface area contributed by atoms with Crippen LogP contribution in [0, 0.1) is 0 Å². The summed E-state index contributed by atoms with van der Waals surface area (Å²) in [6, 6.07) is 8.07. The van der Waals surface area contributed by atoms with Gasteiger partial charge in [0.05, 0.1) is 18.4 Å². The van der Waals surface area contributed by atoms with Crippen LogP contribution in [0.2, 0.25) is 0 Å². The van der Waals surface area contributed by atoms with E-state index in [-0.39, 0.29) is 5.56 Å². The van der Waals surface area contributed by atoms with E-state index in [1.54, 1.807) is 19.3 Å². The van der Waals surface area contributed by atoms with Crippen LogP contribution >= 0.6 is 0 Å². The molecule has 0 fully saturated rings. The van der Waals surface area contributed by atoms with Gasteiger partial charge >= 0.3 is 0 Å². The Morgan fingerprint density at radius 3 is 2.89 bits per heavy atom. The molecule has 98 valence electrons. The molecular weight excluding hydrogens is 238 g/mol. The van der Waals surface area contributed by atoms with Gasteiger partial charge in [-0.15, -0.1) is 0 Å². The van der Waals surface area contributed by atoms with E-state index in [0.29, 0.717) is 6.54 Å². The minimum Gasteiger partial charge on any atom is -0.387 e. The summed E-state index contributed by atoms with van der Waals surface area (Å²) in [5, 5.41) is 7.10. The molecule has 0 unspecified atom stereocenters. The Hall–Kier alpha value is -2.10. The summed E-state index contributed by atoms with van der Waals surface area (Å²) >= 11 is 0. The Bertz CT molecular complexity index is 661. The molecule has 0 atom stereocenters. The van der Waals surface area contributed by atoms with Crippen LogP contribution in [0.15, 0.2) is 35.3 Å². The molecule has 0 bridgehead atoms. The third-order valence-corrected chi connectivity index (χ3v) is 3.65. The van der Waals surface area contributed by atoms with Gasteiger partial charge in [0, 0.05) is 13.1 Å². The Balaban J connectivity index is 1.87. The number of benzene rings is 1. The monoisotopic (exact) mass is 255 g/mol. The van der Waals surface area contributed by atoms with Crippen molar-refractivity contribution in [3.63, 3.8) is 0 Å². The van der Waals surface area contributed by atoms with Crippen molar-refractivity contribution in [2.45, 2.75) is 25.8 Å². The summed E-state index contributed by atoms with van der Waals surface area (Å²) in [5.41, 5.74) is 4.70. The Morgan fingerprint density at radius 1 is 1.26 bits per heavy atom. The van der Waals surface area contributed by atoms with Crippen molar-refractivity contribution in [1.82, 2.24) is 9.78 Å². The zero-order valence-electron chi connectivity index (χ0n) is 11.0. The Morgan fingerprint density at radius 2 is 2.11 bits per heavy atom. The number of aromatic nitrogens is 2. The average Bonchev–Trinajstić information content (AvgIpc) is 2.88. The van der Waals surface area contributed by atoms with E-state index in [1.807, 2.05) is 0 Å². The van der Waals surface area contributed by atoms with Gasteiger partial charge in [-0.1, -0.05) is 18.2 Å². The lowest BCUT2D eigenvalue weighted by molar-refractivity contribution is 0.639. The first-order chi connectivity index (χ1) is 9.26. The number of anilines is 1. The van der Waals surface area contributed by atoms with E-state index >= 15 is 0 Å². The van der Waals surface area contributed by atoms with Crippen LogP contribution in [0.25, 0.3) is 0 Å². The van der Waals surface area contributed by atoms with Crippen molar-refractivity contribution in [2.24, 2.45) is 0 Å². The highest BCUT2D eigenvalue weighted by atomic mass is 16.1. The van der Waals surface area contributed by atoms with Gasteiger partial charge in [-0.2, -0.15) is 5.10 Å². The second kappa shape index (κ2) is 4.88. The fourth-order valence-corrected chi connectivity index (χ4v) is 2.59. The van der Waals surface area contributed by atoms with Crippen LogP contribution in [0.4, 0.5) is 5.69 Å². The van der Waals surface area contributed by atoms with Crippen molar-refractivity contribution in [1.29, 1.82) is 0 Å². The maximum absolute atomic E-state index is 11.9. The third kappa shape index (κ3) is 2.38. The van der Waals surface area contributed by atoms with Crippen LogP contribution in [0.1, 0.15) is 23.1 Å². The molecule has 0 aliphatic heterocycles. The molecule has 0 amide bonds. The summed E-state index contributed by atoms with van der Waals surface area (Å²) in [6.45, 7) is 0.538. The Labute approximate surface area is 112 Å². The van der Waals surface area contributed by atoms with Crippen LogP contribution in [0.5, 0.6) is 0 Å². The zero-order valence-corrected chi connectivity index (χ0v) is 11.0. The first-order valence-electron chi connectivity index (χ1n) is 6.62. The lowest BCUT2D eigenvalue weighted by Gasteiger charge is -2.07. The van der Waals surface area contributed by atoms with E-state index in [4.69, 9.17) is 0 Å². The number of hydrogen-bond acceptors (Lipinski definition) is 3. The zero-order chi connectivity index (χ0) is 13.2. The van der Waals surface area contributed by atoms with Crippen molar-refractivity contribution in [3.8, 4) is 0 Å². The molecule has 0 saturated heterocycles. The van der Waals surface area contributed by atoms with Crippen LogP contribution in [-0.2, 0) is 19.4 Å². The third-order valence-electron chi connectivity index (χ3n) is 3.65. The molecular formula is C15H17N3O. The summed E-state index contributed by atoms with van der Waals surface area (Å²) in [6.07, 6.45) is 5.26.